The van der Waals surface area contributed by atoms with Gasteiger partial charge in [0.05, 0.1) is 11.7 Å². The molecule has 0 saturated heterocycles. The lowest BCUT2D eigenvalue weighted by atomic mass is 9.80. The smallest absolute Gasteiger partial charge is 0.158 e. The fourth-order valence-electron chi connectivity index (χ4n) is 12.0. The molecular formula is C66H44N2O2. The van der Waals surface area contributed by atoms with E-state index in [2.05, 4.69) is 240 Å². The summed E-state index contributed by atoms with van der Waals surface area (Å²) in [5.41, 5.74) is 23.0. The molecule has 15 rings (SSSR count). The molecule has 2 unspecified atom stereocenters. The van der Waals surface area contributed by atoms with Crippen molar-refractivity contribution < 1.29 is 8.83 Å². The summed E-state index contributed by atoms with van der Waals surface area (Å²) in [6.07, 6.45) is 13.3. The second kappa shape index (κ2) is 15.3. The third-order valence-electron chi connectivity index (χ3n) is 15.3. The van der Waals surface area contributed by atoms with E-state index in [-0.39, 0.29) is 12.0 Å². The lowest BCUT2D eigenvalue weighted by molar-refractivity contribution is 0.546. The Hall–Kier alpha value is -8.86. The molecule has 0 bridgehead atoms. The van der Waals surface area contributed by atoms with Crippen molar-refractivity contribution in [3.8, 4) is 44.5 Å². The molecule has 70 heavy (non-hydrogen) atoms. The second-order valence-electron chi connectivity index (χ2n) is 19.0. The third-order valence-corrected chi connectivity index (χ3v) is 15.3. The second-order valence-corrected chi connectivity index (χ2v) is 19.0. The van der Waals surface area contributed by atoms with E-state index >= 15 is 0 Å². The van der Waals surface area contributed by atoms with E-state index in [1.165, 1.54) is 67.0 Å². The van der Waals surface area contributed by atoms with E-state index in [0.717, 1.165) is 79.7 Å². The van der Waals surface area contributed by atoms with Crippen molar-refractivity contribution in [3.05, 3.63) is 247 Å². The Morgan fingerprint density at radius 1 is 0.486 bits per heavy atom. The van der Waals surface area contributed by atoms with E-state index in [1.54, 1.807) is 0 Å². The molecule has 0 spiro atoms. The van der Waals surface area contributed by atoms with Crippen LogP contribution in [0.5, 0.6) is 0 Å². The van der Waals surface area contributed by atoms with Gasteiger partial charge in [0, 0.05) is 73.5 Å². The maximum Gasteiger partial charge on any atom is 0.158 e. The molecule has 2 aliphatic heterocycles. The van der Waals surface area contributed by atoms with Gasteiger partial charge in [-0.1, -0.05) is 170 Å². The summed E-state index contributed by atoms with van der Waals surface area (Å²) in [6.45, 7) is 0. The Kier molecular flexibility index (Phi) is 8.58. The van der Waals surface area contributed by atoms with Crippen molar-refractivity contribution in [3.63, 3.8) is 0 Å². The Morgan fingerprint density at radius 2 is 1.14 bits per heavy atom. The summed E-state index contributed by atoms with van der Waals surface area (Å²) in [5, 5.41) is 3.46. The van der Waals surface area contributed by atoms with Crippen LogP contribution in [0.3, 0.4) is 0 Å². The fraction of sp³-hybridized carbons (Fsp3) is 0.0606. The lowest BCUT2D eigenvalue weighted by Gasteiger charge is -2.33. The number of rotatable bonds is 6. The molecule has 4 aliphatic rings. The van der Waals surface area contributed by atoms with Gasteiger partial charge in [0.25, 0.3) is 0 Å². The summed E-state index contributed by atoms with van der Waals surface area (Å²) < 4.78 is 13.7. The summed E-state index contributed by atoms with van der Waals surface area (Å²) in [5.74, 6) is 1.14. The van der Waals surface area contributed by atoms with Gasteiger partial charge in [-0.2, -0.15) is 0 Å². The molecule has 0 amide bonds. The highest BCUT2D eigenvalue weighted by molar-refractivity contribution is 6.10. The van der Waals surface area contributed by atoms with E-state index in [0.29, 0.717) is 0 Å². The zero-order valence-corrected chi connectivity index (χ0v) is 38.2. The minimum Gasteiger partial charge on any atom is -0.458 e. The Labute approximate surface area is 406 Å². The number of nitrogens with zero attached hydrogens (tertiary/aromatic N) is 2. The standard InChI is InChI=1S/C66H44N2O2/c1-2-12-41(13-3-1)42-24-26-43(27-25-42)44-28-33-47(34-29-44)67(60-21-11-18-54-50-15-5-8-22-61(50)69-65(54)60)48-35-30-45(31-36-48)46-32-39-59-57(40-46)52-37-38-55-51-16-6-9-23-62(51)70-66(55)63(52)56-19-10-17-53-49-14-4-7-20-58(49)68(59)64(53)56/h1-7,9-21,23-40,56,64H,8,22H2. The highest BCUT2D eigenvalue weighted by Gasteiger charge is 2.45. The molecule has 2 aromatic heterocycles. The van der Waals surface area contributed by atoms with Gasteiger partial charge in [0.1, 0.15) is 16.9 Å². The van der Waals surface area contributed by atoms with Crippen LogP contribution in [0.1, 0.15) is 34.8 Å². The summed E-state index contributed by atoms with van der Waals surface area (Å²) >= 11 is 0. The highest BCUT2D eigenvalue weighted by atomic mass is 16.3. The molecule has 0 fully saturated rings. The summed E-state index contributed by atoms with van der Waals surface area (Å²) in [7, 11) is 0. The van der Waals surface area contributed by atoms with Gasteiger partial charge in [0.15, 0.2) is 5.58 Å². The first-order chi connectivity index (χ1) is 34.7. The van der Waals surface area contributed by atoms with E-state index in [9.17, 15) is 0 Å². The number of hydrogen-bond acceptors (Lipinski definition) is 4. The zero-order chi connectivity index (χ0) is 45.9. The molecular weight excluding hydrogens is 853 g/mol. The van der Waals surface area contributed by atoms with Crippen molar-refractivity contribution >= 4 is 73.0 Å². The van der Waals surface area contributed by atoms with Crippen LogP contribution in [0.15, 0.2) is 233 Å². The normalized spacial score (nSPS) is 16.1. The van der Waals surface area contributed by atoms with Crippen molar-refractivity contribution in [2.45, 2.75) is 24.8 Å². The van der Waals surface area contributed by atoms with Crippen LogP contribution in [0, 0.1) is 0 Å². The number of hydrogen-bond donors (Lipinski definition) is 0. The van der Waals surface area contributed by atoms with Crippen molar-refractivity contribution in [2.75, 3.05) is 9.80 Å². The highest BCUT2D eigenvalue weighted by Crippen LogP contribution is 2.58. The zero-order valence-electron chi connectivity index (χ0n) is 38.2. The van der Waals surface area contributed by atoms with Crippen LogP contribution in [0.25, 0.3) is 89.1 Å². The minimum atomic E-state index is 0.0854. The first-order valence-electron chi connectivity index (χ1n) is 24.4. The molecule has 4 heteroatoms. The fourth-order valence-corrected chi connectivity index (χ4v) is 12.0. The average molecular weight is 897 g/mol. The Balaban J connectivity index is 0.853. The van der Waals surface area contributed by atoms with Gasteiger partial charge in [-0.05, 0) is 112 Å². The van der Waals surface area contributed by atoms with Crippen LogP contribution in [-0.4, -0.2) is 6.04 Å². The Morgan fingerprint density at radius 3 is 1.94 bits per heavy atom. The number of allylic oxidation sites excluding steroid dienone is 3. The van der Waals surface area contributed by atoms with E-state index < -0.39 is 0 Å². The lowest BCUT2D eigenvalue weighted by Crippen LogP contribution is -2.32. The number of para-hydroxylation sites is 3. The molecule has 2 atom stereocenters. The van der Waals surface area contributed by atoms with Crippen molar-refractivity contribution in [1.29, 1.82) is 0 Å². The number of anilines is 5. The first kappa shape index (κ1) is 39.2. The molecule has 0 N–H and O–H groups in total. The number of aryl methyl sites for hydroxylation is 1. The van der Waals surface area contributed by atoms with Crippen LogP contribution in [0.4, 0.5) is 28.4 Å². The topological polar surface area (TPSA) is 32.8 Å². The van der Waals surface area contributed by atoms with Gasteiger partial charge in [-0.25, -0.2) is 0 Å². The van der Waals surface area contributed by atoms with Crippen LogP contribution in [-0.2, 0) is 6.42 Å². The maximum absolute atomic E-state index is 6.87. The van der Waals surface area contributed by atoms with Gasteiger partial charge in [0.2, 0.25) is 0 Å². The van der Waals surface area contributed by atoms with Crippen molar-refractivity contribution in [1.82, 2.24) is 0 Å². The van der Waals surface area contributed by atoms with Crippen LogP contribution in [0.2, 0.25) is 0 Å². The molecule has 0 radical (unpaired) electrons. The van der Waals surface area contributed by atoms with Gasteiger partial charge in [-0.15, -0.1) is 0 Å². The molecule has 4 heterocycles. The monoisotopic (exact) mass is 896 g/mol. The summed E-state index contributed by atoms with van der Waals surface area (Å²) in [4.78, 5) is 4.95. The van der Waals surface area contributed by atoms with E-state index in [4.69, 9.17) is 8.83 Å². The molecule has 2 aliphatic carbocycles. The summed E-state index contributed by atoms with van der Waals surface area (Å²) in [6, 6.07) is 73.1. The first-order valence-corrected chi connectivity index (χ1v) is 24.4. The molecule has 9 aromatic carbocycles. The molecule has 0 saturated carbocycles. The molecule has 4 nitrogen and oxygen atoms in total. The predicted octanol–water partition coefficient (Wildman–Crippen LogP) is 18.0. The molecule has 330 valence electrons. The van der Waals surface area contributed by atoms with Gasteiger partial charge in [-0.3, -0.25) is 0 Å². The SMILES string of the molecule is C1=CC2c3c(ccc4c3oc3ccccc34)-c3cc(-c4ccc(N(c5ccc(-c6ccc(-c7ccccc7)cc6)cc5)c5cccc6c7c(oc56)CCC=C7)cc4)ccc3N3c4ccccc4C(=C1)C23. The predicted molar refractivity (Wildman–Crippen MR) is 290 cm³/mol. The van der Waals surface area contributed by atoms with Crippen LogP contribution < -0.4 is 9.80 Å². The minimum absolute atomic E-state index is 0.0854. The van der Waals surface area contributed by atoms with E-state index in [1.807, 2.05) is 0 Å². The third kappa shape index (κ3) is 5.90. The van der Waals surface area contributed by atoms with Gasteiger partial charge < -0.3 is 18.6 Å². The van der Waals surface area contributed by atoms with Crippen LogP contribution >= 0.6 is 0 Å². The number of benzene rings is 9. The Bertz CT molecular complexity index is 4000. The molecule has 11 aromatic rings. The largest absolute Gasteiger partial charge is 0.458 e. The maximum atomic E-state index is 6.87. The average Bonchev–Trinajstić information content (AvgIpc) is 4.09. The number of furan rings is 2. The number of fused-ring (bicyclic) bond motifs is 15. The van der Waals surface area contributed by atoms with Crippen molar-refractivity contribution in [2.24, 2.45) is 0 Å². The quantitative estimate of drug-likeness (QED) is 0.166. The van der Waals surface area contributed by atoms with Gasteiger partial charge >= 0.3 is 0 Å².